The van der Waals surface area contributed by atoms with Crippen LogP contribution < -0.4 is 26.8 Å². The van der Waals surface area contributed by atoms with Crippen molar-refractivity contribution in [2.24, 2.45) is 22.7 Å². The number of rotatable bonds is 8. The smallest absolute Gasteiger partial charge is 0.237 e. The lowest BCUT2D eigenvalue weighted by molar-refractivity contribution is -0.166. The maximum absolute atomic E-state index is 13.8. The number of hydrogen-bond donors (Lipinski definition) is 5. The van der Waals surface area contributed by atoms with Crippen molar-refractivity contribution in [3.63, 3.8) is 0 Å². The van der Waals surface area contributed by atoms with E-state index < -0.39 is 0 Å². The Balaban J connectivity index is 0.973. The van der Waals surface area contributed by atoms with Gasteiger partial charge in [0.1, 0.15) is 0 Å². The number of hydrazine groups is 1. The lowest BCUT2D eigenvalue weighted by atomic mass is 9.64. The van der Waals surface area contributed by atoms with E-state index in [9.17, 15) is 4.79 Å². The van der Waals surface area contributed by atoms with Crippen molar-refractivity contribution in [2.75, 3.05) is 40.0 Å². The molecule has 0 radical (unpaired) electrons. The number of amides is 1. The molecule has 214 valence electrons. The lowest BCUT2D eigenvalue weighted by Crippen LogP contribution is -2.67. The average molecular weight is 530 g/mol. The third kappa shape index (κ3) is 5.17. The van der Waals surface area contributed by atoms with Gasteiger partial charge in [0.25, 0.3) is 0 Å². The van der Waals surface area contributed by atoms with E-state index in [1.165, 1.54) is 58.0 Å². The zero-order valence-electron chi connectivity index (χ0n) is 23.6. The molecule has 9 nitrogen and oxygen atoms in total. The second-order valence-corrected chi connectivity index (χ2v) is 14.4. The van der Waals surface area contributed by atoms with Crippen LogP contribution in [0.15, 0.2) is 0 Å². The number of nitrogens with zero attached hydrogens (tertiary/aromatic N) is 2. The molecule has 0 bridgehead atoms. The largest absolute Gasteiger partial charge is 0.380 e. The summed E-state index contributed by atoms with van der Waals surface area (Å²) in [6.45, 7) is 7.51. The molecule has 7 fully saturated rings. The SMILES string of the molecule is C[C@@H](C1CC(C(=O)NC2CCCC(C3(CC4NNCN4C)COC3)C2)NC(C2CC2)N1)N1CCC2(CC2)C1. The first-order valence-corrected chi connectivity index (χ1v) is 15.7. The molecule has 3 aliphatic carbocycles. The lowest BCUT2D eigenvalue weighted by Gasteiger charge is -2.51. The maximum atomic E-state index is 13.8. The van der Waals surface area contributed by atoms with Crippen LogP contribution in [0.5, 0.6) is 0 Å². The van der Waals surface area contributed by atoms with Crippen LogP contribution in [0.4, 0.5) is 0 Å². The zero-order chi connectivity index (χ0) is 25.9. The molecule has 4 aliphatic heterocycles. The van der Waals surface area contributed by atoms with Crippen molar-refractivity contribution in [1.82, 2.24) is 36.6 Å². The first-order valence-electron chi connectivity index (χ1n) is 15.7. The summed E-state index contributed by atoms with van der Waals surface area (Å²) in [7, 11) is 2.18. The van der Waals surface area contributed by atoms with Crippen molar-refractivity contribution in [3.8, 4) is 0 Å². The van der Waals surface area contributed by atoms with Gasteiger partial charge in [-0.3, -0.25) is 25.2 Å². The summed E-state index contributed by atoms with van der Waals surface area (Å²) in [4.78, 5) is 18.8. The molecule has 7 rings (SSSR count). The normalized spacial score (nSPS) is 41.6. The standard InChI is InChI=1S/C29H51N7O2/c1-19(36-11-10-28(15-36)8-9-28)23-13-24(33-26(32-23)20-6-7-20)27(37)31-22-5-3-4-21(12-22)29(16-38-17-29)14-25-34-30-18-35(25)2/h19-26,30,32-34H,3-18H2,1-2H3,(H,31,37)/t19-,21?,22?,23?,24?,25?,26?/m0/s1. The van der Waals surface area contributed by atoms with Gasteiger partial charge in [0.05, 0.1) is 38.3 Å². The fraction of sp³-hybridized carbons (Fsp3) is 0.966. The van der Waals surface area contributed by atoms with E-state index in [0.717, 1.165) is 45.6 Å². The summed E-state index contributed by atoms with van der Waals surface area (Å²) < 4.78 is 5.81. The van der Waals surface area contributed by atoms with Crippen LogP contribution in [0.1, 0.15) is 77.6 Å². The summed E-state index contributed by atoms with van der Waals surface area (Å²) in [6, 6.07) is 1.07. The third-order valence-corrected chi connectivity index (χ3v) is 11.7. The summed E-state index contributed by atoms with van der Waals surface area (Å²) >= 11 is 0. The number of ether oxygens (including phenoxy) is 1. The molecule has 5 N–H and O–H groups in total. The molecule has 0 aromatic carbocycles. The average Bonchev–Trinajstić information content (AvgIpc) is 3.80. The van der Waals surface area contributed by atoms with Gasteiger partial charge in [0.15, 0.2) is 0 Å². The Morgan fingerprint density at radius 2 is 1.95 bits per heavy atom. The van der Waals surface area contributed by atoms with Crippen LogP contribution in [0.2, 0.25) is 0 Å². The Morgan fingerprint density at radius 3 is 2.61 bits per heavy atom. The van der Waals surface area contributed by atoms with Crippen LogP contribution in [0, 0.1) is 22.7 Å². The molecule has 4 saturated heterocycles. The first-order chi connectivity index (χ1) is 18.4. The Kier molecular flexibility index (Phi) is 7.03. The van der Waals surface area contributed by atoms with E-state index in [4.69, 9.17) is 4.74 Å². The Morgan fingerprint density at radius 1 is 1.11 bits per heavy atom. The topological polar surface area (TPSA) is 92.9 Å². The van der Waals surface area contributed by atoms with Crippen molar-refractivity contribution >= 4 is 5.91 Å². The highest BCUT2D eigenvalue weighted by Crippen LogP contribution is 2.53. The quantitative estimate of drug-likeness (QED) is 0.322. The van der Waals surface area contributed by atoms with Crippen LogP contribution in [0.25, 0.3) is 0 Å². The van der Waals surface area contributed by atoms with E-state index in [2.05, 4.69) is 50.6 Å². The summed E-state index contributed by atoms with van der Waals surface area (Å²) in [5.41, 5.74) is 7.61. The summed E-state index contributed by atoms with van der Waals surface area (Å²) in [5, 5.41) is 11.2. The van der Waals surface area contributed by atoms with Gasteiger partial charge in [-0.15, -0.1) is 0 Å². The predicted molar refractivity (Wildman–Crippen MR) is 147 cm³/mol. The fourth-order valence-electron chi connectivity index (χ4n) is 8.43. The maximum Gasteiger partial charge on any atom is 0.237 e. The molecule has 9 heteroatoms. The molecule has 1 amide bonds. The molecule has 3 saturated carbocycles. The van der Waals surface area contributed by atoms with Crippen molar-refractivity contribution in [3.05, 3.63) is 0 Å². The molecule has 38 heavy (non-hydrogen) atoms. The second-order valence-electron chi connectivity index (χ2n) is 14.4. The summed E-state index contributed by atoms with van der Waals surface area (Å²) in [6.07, 6.45) is 14.1. The molecular weight excluding hydrogens is 478 g/mol. The van der Waals surface area contributed by atoms with E-state index >= 15 is 0 Å². The minimum atomic E-state index is -0.0874. The number of carbonyl (C=O) groups excluding carboxylic acids is 1. The van der Waals surface area contributed by atoms with Crippen LogP contribution in [-0.4, -0.2) is 92.2 Å². The van der Waals surface area contributed by atoms with E-state index in [1.54, 1.807) is 0 Å². The van der Waals surface area contributed by atoms with Crippen LogP contribution in [0.3, 0.4) is 0 Å². The van der Waals surface area contributed by atoms with Gasteiger partial charge in [-0.25, -0.2) is 10.9 Å². The van der Waals surface area contributed by atoms with Gasteiger partial charge >= 0.3 is 0 Å². The molecular formula is C29H51N7O2. The Bertz CT molecular complexity index is 875. The van der Waals surface area contributed by atoms with E-state index in [1.807, 2.05) is 0 Å². The number of hydrogen-bond acceptors (Lipinski definition) is 8. The van der Waals surface area contributed by atoms with E-state index in [-0.39, 0.29) is 29.6 Å². The van der Waals surface area contributed by atoms with E-state index in [0.29, 0.717) is 35.5 Å². The molecule has 4 heterocycles. The number of nitrogens with one attached hydrogen (secondary N) is 5. The molecule has 0 aromatic rings. The zero-order valence-corrected chi connectivity index (χ0v) is 23.6. The highest BCUT2D eigenvalue weighted by molar-refractivity contribution is 5.82. The monoisotopic (exact) mass is 529 g/mol. The minimum absolute atomic E-state index is 0.0874. The molecule has 0 aromatic heterocycles. The van der Waals surface area contributed by atoms with Gasteiger partial charge in [-0.1, -0.05) is 6.42 Å². The summed E-state index contributed by atoms with van der Waals surface area (Å²) in [5.74, 6) is 1.53. The van der Waals surface area contributed by atoms with Crippen molar-refractivity contribution in [2.45, 2.75) is 114 Å². The predicted octanol–water partition coefficient (Wildman–Crippen LogP) is 1.32. The van der Waals surface area contributed by atoms with Gasteiger partial charge < -0.3 is 10.1 Å². The minimum Gasteiger partial charge on any atom is -0.380 e. The van der Waals surface area contributed by atoms with Crippen LogP contribution >= 0.6 is 0 Å². The second kappa shape index (κ2) is 10.2. The molecule has 6 unspecified atom stereocenters. The highest BCUT2D eigenvalue weighted by Gasteiger charge is 2.51. The number of carbonyl (C=O) groups is 1. The van der Waals surface area contributed by atoms with Gasteiger partial charge in [-0.05, 0) is 102 Å². The Labute approximate surface area is 228 Å². The van der Waals surface area contributed by atoms with Crippen molar-refractivity contribution in [1.29, 1.82) is 0 Å². The first kappa shape index (κ1) is 26.1. The van der Waals surface area contributed by atoms with Gasteiger partial charge in [0.2, 0.25) is 5.91 Å². The van der Waals surface area contributed by atoms with Crippen LogP contribution in [-0.2, 0) is 9.53 Å². The molecule has 1 spiro atoms. The Hall–Kier alpha value is -0.810. The highest BCUT2D eigenvalue weighted by atomic mass is 16.5. The third-order valence-electron chi connectivity index (χ3n) is 11.7. The van der Waals surface area contributed by atoms with Crippen molar-refractivity contribution < 1.29 is 9.53 Å². The van der Waals surface area contributed by atoms with Gasteiger partial charge in [0, 0.05) is 30.1 Å². The molecule has 7 aliphatic rings. The fourth-order valence-corrected chi connectivity index (χ4v) is 8.43. The van der Waals surface area contributed by atoms with Gasteiger partial charge in [-0.2, -0.15) is 0 Å². The molecule has 7 atom stereocenters. The number of likely N-dealkylation sites (tertiary alicyclic amines) is 1.